The van der Waals surface area contributed by atoms with Crippen molar-refractivity contribution in [2.75, 3.05) is 0 Å². The Balaban J connectivity index is 1.07. The van der Waals surface area contributed by atoms with Gasteiger partial charge in [0.25, 0.3) is 0 Å². The van der Waals surface area contributed by atoms with Crippen molar-refractivity contribution < 1.29 is 4.42 Å². The van der Waals surface area contributed by atoms with E-state index in [1.807, 2.05) is 11.3 Å². The molecule has 0 unspecified atom stereocenters. The van der Waals surface area contributed by atoms with Crippen LogP contribution in [-0.2, 0) is 0 Å². The molecule has 14 rings (SSSR count). The Labute approximate surface area is 359 Å². The van der Waals surface area contributed by atoms with Crippen LogP contribution in [0.5, 0.6) is 0 Å². The van der Waals surface area contributed by atoms with Gasteiger partial charge in [-0.1, -0.05) is 146 Å². The molecule has 0 spiro atoms. The van der Waals surface area contributed by atoms with E-state index in [1.54, 1.807) is 0 Å². The van der Waals surface area contributed by atoms with Crippen LogP contribution in [0.2, 0.25) is 0 Å². The Kier molecular flexibility index (Phi) is 6.99. The summed E-state index contributed by atoms with van der Waals surface area (Å²) in [6.07, 6.45) is 0. The van der Waals surface area contributed by atoms with E-state index < -0.39 is 0 Å². The Morgan fingerprint density at radius 3 is 2.02 bits per heavy atom. The average molecular weight is 807 g/mol. The number of furan rings is 1. The van der Waals surface area contributed by atoms with E-state index >= 15 is 0 Å². The number of rotatable bonds is 4. The van der Waals surface area contributed by atoms with Crippen molar-refractivity contribution in [2.24, 2.45) is 0 Å². The van der Waals surface area contributed by atoms with Crippen LogP contribution in [0.15, 0.2) is 211 Å². The zero-order chi connectivity index (χ0) is 40.5. The van der Waals surface area contributed by atoms with Crippen LogP contribution in [0.25, 0.3) is 130 Å². The highest BCUT2D eigenvalue weighted by molar-refractivity contribution is 7.25. The number of para-hydroxylation sites is 2. The molecule has 4 aromatic heterocycles. The van der Waals surface area contributed by atoms with Crippen LogP contribution < -0.4 is 0 Å². The maximum Gasteiger partial charge on any atom is 0.143 e. The average Bonchev–Trinajstić information content (AvgIpc) is 4.09. The normalized spacial score (nSPS) is 12.2. The summed E-state index contributed by atoms with van der Waals surface area (Å²) in [7, 11) is 0. The number of nitrogens with zero attached hydrogens (tertiary/aromatic N) is 2. The maximum absolute atomic E-state index is 6.89. The van der Waals surface area contributed by atoms with E-state index in [4.69, 9.17) is 4.42 Å². The van der Waals surface area contributed by atoms with Gasteiger partial charge in [0.1, 0.15) is 11.2 Å². The molecule has 0 fully saturated rings. The molecule has 0 N–H and O–H groups in total. The SMILES string of the molecule is c1ccc(-c2ccc3c(c2)c2ccc4c(c5ccccc5n4-c4cccc5ccccc45)c2n3-c2ccc3oc4c(-c5cccc6sc7ccccc7c56)cccc4c3c2)cc1. The maximum atomic E-state index is 6.89. The summed E-state index contributed by atoms with van der Waals surface area (Å²) >= 11 is 1.85. The Morgan fingerprint density at radius 2 is 1.08 bits per heavy atom. The lowest BCUT2D eigenvalue weighted by molar-refractivity contribution is 0.670. The van der Waals surface area contributed by atoms with Gasteiger partial charge in [0.2, 0.25) is 0 Å². The van der Waals surface area contributed by atoms with Gasteiger partial charge in [-0.2, -0.15) is 0 Å². The van der Waals surface area contributed by atoms with Gasteiger partial charge < -0.3 is 13.6 Å². The highest BCUT2D eigenvalue weighted by Gasteiger charge is 2.23. The lowest BCUT2D eigenvalue weighted by atomic mass is 9.97. The third-order valence-electron chi connectivity index (χ3n) is 13.1. The first-order valence-corrected chi connectivity index (χ1v) is 22.0. The highest BCUT2D eigenvalue weighted by Crippen LogP contribution is 2.46. The van der Waals surface area contributed by atoms with Crippen molar-refractivity contribution in [3.8, 4) is 33.6 Å². The van der Waals surface area contributed by atoms with Gasteiger partial charge in [0.05, 0.1) is 27.8 Å². The van der Waals surface area contributed by atoms with E-state index in [2.05, 4.69) is 215 Å². The molecule has 0 saturated heterocycles. The summed E-state index contributed by atoms with van der Waals surface area (Å²) in [5.41, 5.74) is 13.5. The Morgan fingerprint density at radius 1 is 0.371 bits per heavy atom. The van der Waals surface area contributed by atoms with Gasteiger partial charge in [-0.05, 0) is 82.7 Å². The second kappa shape index (κ2) is 12.8. The summed E-state index contributed by atoms with van der Waals surface area (Å²) in [4.78, 5) is 0. The molecular weight excluding hydrogens is 773 g/mol. The van der Waals surface area contributed by atoms with Crippen LogP contribution in [0.4, 0.5) is 0 Å². The molecule has 14 aromatic rings. The molecule has 0 saturated carbocycles. The van der Waals surface area contributed by atoms with Crippen molar-refractivity contribution in [3.05, 3.63) is 206 Å². The molecule has 288 valence electrons. The van der Waals surface area contributed by atoms with Gasteiger partial charge in [-0.25, -0.2) is 0 Å². The lowest BCUT2D eigenvalue weighted by Gasteiger charge is -2.12. The molecule has 0 aliphatic carbocycles. The Hall–Kier alpha value is -7.92. The predicted molar refractivity (Wildman–Crippen MR) is 264 cm³/mol. The molecule has 0 atom stereocenters. The quantitative estimate of drug-likeness (QED) is 0.174. The number of aromatic nitrogens is 2. The van der Waals surface area contributed by atoms with E-state index in [0.717, 1.165) is 38.7 Å². The fourth-order valence-electron chi connectivity index (χ4n) is 10.4. The lowest BCUT2D eigenvalue weighted by Crippen LogP contribution is -1.96. The Bertz CT molecular complexity index is 4160. The van der Waals surface area contributed by atoms with Crippen LogP contribution >= 0.6 is 11.3 Å². The number of hydrogen-bond acceptors (Lipinski definition) is 2. The molecule has 0 radical (unpaired) electrons. The smallest absolute Gasteiger partial charge is 0.143 e. The van der Waals surface area contributed by atoms with Gasteiger partial charge in [-0.15, -0.1) is 11.3 Å². The molecular formula is C58H34N2OS. The number of hydrogen-bond donors (Lipinski definition) is 0. The van der Waals surface area contributed by atoms with Gasteiger partial charge >= 0.3 is 0 Å². The molecule has 0 aliphatic heterocycles. The fraction of sp³-hybridized carbons (Fsp3) is 0. The summed E-state index contributed by atoms with van der Waals surface area (Å²) < 4.78 is 14.4. The van der Waals surface area contributed by atoms with Crippen molar-refractivity contribution in [3.63, 3.8) is 0 Å². The minimum Gasteiger partial charge on any atom is -0.455 e. The number of benzene rings is 10. The summed E-state index contributed by atoms with van der Waals surface area (Å²) in [6, 6.07) is 75.4. The van der Waals surface area contributed by atoms with Crippen molar-refractivity contribution >= 4 is 108 Å². The first kappa shape index (κ1) is 33.9. The summed E-state index contributed by atoms with van der Waals surface area (Å²) in [5.74, 6) is 0. The van der Waals surface area contributed by atoms with Crippen molar-refractivity contribution in [1.29, 1.82) is 0 Å². The molecule has 3 nitrogen and oxygen atoms in total. The third-order valence-corrected chi connectivity index (χ3v) is 14.2. The largest absolute Gasteiger partial charge is 0.455 e. The monoisotopic (exact) mass is 806 g/mol. The van der Waals surface area contributed by atoms with Gasteiger partial charge in [0, 0.05) is 69.1 Å². The topological polar surface area (TPSA) is 23.0 Å². The van der Waals surface area contributed by atoms with Crippen LogP contribution in [0.3, 0.4) is 0 Å². The van der Waals surface area contributed by atoms with Crippen LogP contribution in [-0.4, -0.2) is 9.13 Å². The highest BCUT2D eigenvalue weighted by atomic mass is 32.1. The number of fused-ring (bicyclic) bond motifs is 14. The van der Waals surface area contributed by atoms with E-state index in [-0.39, 0.29) is 0 Å². The third kappa shape index (κ3) is 4.70. The molecule has 0 bridgehead atoms. The molecule has 62 heavy (non-hydrogen) atoms. The van der Waals surface area contributed by atoms with Gasteiger partial charge in [0.15, 0.2) is 0 Å². The first-order valence-electron chi connectivity index (χ1n) is 21.2. The molecule has 4 heterocycles. The first-order chi connectivity index (χ1) is 30.8. The van der Waals surface area contributed by atoms with Crippen molar-refractivity contribution in [2.45, 2.75) is 0 Å². The van der Waals surface area contributed by atoms with E-state index in [1.165, 1.54) is 91.4 Å². The molecule has 10 aromatic carbocycles. The zero-order valence-electron chi connectivity index (χ0n) is 33.3. The summed E-state index contributed by atoms with van der Waals surface area (Å²) in [6.45, 7) is 0. The van der Waals surface area contributed by atoms with Crippen molar-refractivity contribution in [1.82, 2.24) is 9.13 Å². The standard InChI is InChI=1S/C58H34N2OS/c1-2-13-35(14-3-1)37-27-30-50-46(33-37)41-29-31-51-56(44-18-6-8-23-49(44)60(51)48-24-10-16-36-15-4-5-17-39(36)48)57(41)59(50)38-28-32-52-47(34-38)43-22-11-21-42(58(43)61-52)40-20-12-26-54-55(40)45-19-7-9-25-53(45)62-54/h1-34H. The zero-order valence-corrected chi connectivity index (χ0v) is 34.2. The predicted octanol–water partition coefficient (Wildman–Crippen LogP) is 16.6. The number of thiophene rings is 1. The second-order valence-electron chi connectivity index (χ2n) is 16.4. The van der Waals surface area contributed by atoms with E-state index in [9.17, 15) is 0 Å². The molecule has 4 heteroatoms. The molecule has 0 amide bonds. The van der Waals surface area contributed by atoms with Crippen LogP contribution in [0, 0.1) is 0 Å². The molecule has 0 aliphatic rings. The van der Waals surface area contributed by atoms with E-state index in [0.29, 0.717) is 0 Å². The van der Waals surface area contributed by atoms with Crippen LogP contribution in [0.1, 0.15) is 0 Å². The van der Waals surface area contributed by atoms with Gasteiger partial charge in [-0.3, -0.25) is 0 Å². The second-order valence-corrected chi connectivity index (χ2v) is 17.5. The minimum absolute atomic E-state index is 0.878. The fourth-order valence-corrected chi connectivity index (χ4v) is 11.6. The summed E-state index contributed by atoms with van der Waals surface area (Å²) in [5, 5.41) is 12.1. The minimum atomic E-state index is 0.878.